The Balaban J connectivity index is 2.63. The number of rotatable bonds is 7. The second-order valence-electron chi connectivity index (χ2n) is 3.98. The van der Waals surface area contributed by atoms with E-state index in [4.69, 9.17) is 13.8 Å². The number of hydrogen-bond donors (Lipinski definition) is 1. The zero-order chi connectivity index (χ0) is 13.6. The van der Waals surface area contributed by atoms with Crippen molar-refractivity contribution in [3.63, 3.8) is 0 Å². The van der Waals surface area contributed by atoms with Crippen molar-refractivity contribution in [1.29, 1.82) is 0 Å². The number of hydrogen-bond acceptors (Lipinski definition) is 6. The predicted octanol–water partition coefficient (Wildman–Crippen LogP) is 1.55. The standard InChI is InChI=1S/C11H22NO5P/c1-4-15-11(13)10-7-9(8-12-10)18(14,16-5-2)17-6-3/h9-10,12H,4-8H2,1-3H3/t9-,10-/m0/s1. The maximum Gasteiger partial charge on any atom is 0.335 e. The normalized spacial score (nSPS) is 24.2. The summed E-state index contributed by atoms with van der Waals surface area (Å²) in [6.07, 6.45) is 0.427. The van der Waals surface area contributed by atoms with E-state index in [1.807, 2.05) is 0 Å². The molecule has 0 saturated carbocycles. The van der Waals surface area contributed by atoms with Crippen LogP contribution in [0.3, 0.4) is 0 Å². The van der Waals surface area contributed by atoms with Crippen LogP contribution in [0.25, 0.3) is 0 Å². The molecule has 1 saturated heterocycles. The van der Waals surface area contributed by atoms with Gasteiger partial charge in [-0.05, 0) is 27.2 Å². The summed E-state index contributed by atoms with van der Waals surface area (Å²) < 4.78 is 28.0. The first-order chi connectivity index (χ1) is 8.57. The molecule has 0 bridgehead atoms. The van der Waals surface area contributed by atoms with Gasteiger partial charge in [-0.25, -0.2) is 0 Å². The second kappa shape index (κ2) is 7.24. The van der Waals surface area contributed by atoms with Gasteiger partial charge in [0.05, 0.1) is 25.5 Å². The molecule has 1 aliphatic rings. The predicted molar refractivity (Wildman–Crippen MR) is 67.7 cm³/mol. The van der Waals surface area contributed by atoms with Gasteiger partial charge in [0.15, 0.2) is 0 Å². The van der Waals surface area contributed by atoms with E-state index in [0.717, 1.165) is 0 Å². The number of carbonyl (C=O) groups excluding carboxylic acids is 1. The summed E-state index contributed by atoms with van der Waals surface area (Å²) >= 11 is 0. The summed E-state index contributed by atoms with van der Waals surface area (Å²) in [5.41, 5.74) is -0.285. The van der Waals surface area contributed by atoms with Gasteiger partial charge in [0.2, 0.25) is 0 Å². The van der Waals surface area contributed by atoms with Crippen LogP contribution in [0.1, 0.15) is 27.2 Å². The first kappa shape index (κ1) is 15.6. The fourth-order valence-corrected chi connectivity index (χ4v) is 4.00. The van der Waals surface area contributed by atoms with Crippen LogP contribution in [0.15, 0.2) is 0 Å². The van der Waals surface area contributed by atoms with Crippen LogP contribution in [0.2, 0.25) is 0 Å². The van der Waals surface area contributed by atoms with E-state index < -0.39 is 13.6 Å². The fraction of sp³-hybridized carbons (Fsp3) is 0.909. The topological polar surface area (TPSA) is 73.9 Å². The summed E-state index contributed by atoms with van der Waals surface area (Å²) in [6, 6.07) is -0.413. The van der Waals surface area contributed by atoms with E-state index in [0.29, 0.717) is 32.8 Å². The monoisotopic (exact) mass is 279 g/mol. The summed E-state index contributed by atoms with van der Waals surface area (Å²) in [6.45, 7) is 6.76. The molecule has 0 aliphatic carbocycles. The van der Waals surface area contributed by atoms with Crippen molar-refractivity contribution in [2.45, 2.75) is 38.9 Å². The Hall–Kier alpha value is -0.420. The highest BCUT2D eigenvalue weighted by atomic mass is 31.2. The number of esters is 1. The van der Waals surface area contributed by atoms with Gasteiger partial charge in [0.1, 0.15) is 6.04 Å². The van der Waals surface area contributed by atoms with Crippen molar-refractivity contribution in [3.8, 4) is 0 Å². The Bertz CT molecular complexity index is 313. The highest BCUT2D eigenvalue weighted by Gasteiger charge is 2.43. The first-order valence-corrected chi connectivity index (χ1v) is 7.97. The largest absolute Gasteiger partial charge is 0.465 e. The molecule has 0 amide bonds. The van der Waals surface area contributed by atoms with Gasteiger partial charge in [-0.3, -0.25) is 9.36 Å². The molecule has 1 fully saturated rings. The summed E-state index contributed by atoms with van der Waals surface area (Å²) in [5.74, 6) is -0.306. The van der Waals surface area contributed by atoms with Crippen molar-refractivity contribution in [1.82, 2.24) is 5.32 Å². The highest BCUT2D eigenvalue weighted by molar-refractivity contribution is 7.54. The van der Waals surface area contributed by atoms with Crippen LogP contribution in [-0.2, 0) is 23.1 Å². The van der Waals surface area contributed by atoms with Crippen LogP contribution in [0.5, 0.6) is 0 Å². The lowest BCUT2D eigenvalue weighted by molar-refractivity contribution is -0.145. The van der Waals surface area contributed by atoms with E-state index in [2.05, 4.69) is 5.32 Å². The van der Waals surface area contributed by atoms with Gasteiger partial charge in [0.25, 0.3) is 0 Å². The van der Waals surface area contributed by atoms with Crippen LogP contribution in [0, 0.1) is 0 Å². The number of ether oxygens (including phenoxy) is 1. The van der Waals surface area contributed by atoms with E-state index in [-0.39, 0.29) is 11.6 Å². The third-order valence-electron chi connectivity index (χ3n) is 2.74. The maximum atomic E-state index is 12.5. The molecular weight excluding hydrogens is 257 g/mol. The van der Waals surface area contributed by atoms with E-state index in [1.165, 1.54) is 0 Å². The Kier molecular flexibility index (Phi) is 6.29. The minimum atomic E-state index is -3.13. The molecule has 1 N–H and O–H groups in total. The Morgan fingerprint density at radius 1 is 1.22 bits per heavy atom. The number of nitrogens with one attached hydrogen (secondary N) is 1. The zero-order valence-electron chi connectivity index (χ0n) is 11.2. The third kappa shape index (κ3) is 3.79. The average Bonchev–Trinajstić information content (AvgIpc) is 2.80. The molecule has 7 heteroatoms. The fourth-order valence-electron chi connectivity index (χ4n) is 1.99. The molecule has 106 valence electrons. The van der Waals surface area contributed by atoms with Crippen molar-refractivity contribution >= 4 is 13.6 Å². The van der Waals surface area contributed by atoms with Crippen molar-refractivity contribution in [2.24, 2.45) is 0 Å². The van der Waals surface area contributed by atoms with Crippen LogP contribution in [-0.4, -0.2) is 44.0 Å². The summed E-state index contributed by atoms with van der Waals surface area (Å²) in [4.78, 5) is 11.6. The lowest BCUT2D eigenvalue weighted by Crippen LogP contribution is -2.32. The highest BCUT2D eigenvalue weighted by Crippen LogP contribution is 2.55. The maximum absolute atomic E-state index is 12.5. The smallest absolute Gasteiger partial charge is 0.335 e. The molecule has 18 heavy (non-hydrogen) atoms. The Labute approximate surface area is 108 Å². The molecule has 0 aromatic heterocycles. The van der Waals surface area contributed by atoms with E-state index >= 15 is 0 Å². The second-order valence-corrected chi connectivity index (χ2v) is 6.30. The van der Waals surface area contributed by atoms with Gasteiger partial charge in [-0.2, -0.15) is 0 Å². The van der Waals surface area contributed by atoms with Crippen LogP contribution >= 0.6 is 7.60 Å². The Morgan fingerprint density at radius 3 is 2.33 bits per heavy atom. The molecule has 0 spiro atoms. The average molecular weight is 279 g/mol. The number of carbonyl (C=O) groups is 1. The molecular formula is C11H22NO5P. The van der Waals surface area contributed by atoms with Crippen LogP contribution in [0.4, 0.5) is 0 Å². The lowest BCUT2D eigenvalue weighted by atomic mass is 10.2. The van der Waals surface area contributed by atoms with Crippen LogP contribution < -0.4 is 5.32 Å². The molecule has 0 aromatic carbocycles. The molecule has 0 aromatic rings. The summed E-state index contributed by atoms with van der Waals surface area (Å²) in [5, 5.41) is 3.01. The molecule has 0 radical (unpaired) electrons. The molecule has 1 aliphatic heterocycles. The van der Waals surface area contributed by atoms with Gasteiger partial charge in [0, 0.05) is 6.54 Å². The van der Waals surface area contributed by atoms with Gasteiger partial charge in [-0.15, -0.1) is 0 Å². The van der Waals surface area contributed by atoms with Crippen molar-refractivity contribution in [3.05, 3.63) is 0 Å². The van der Waals surface area contributed by atoms with E-state index in [1.54, 1.807) is 20.8 Å². The zero-order valence-corrected chi connectivity index (χ0v) is 12.1. The SMILES string of the molecule is CCOC(=O)[C@@H]1C[C@H](P(=O)(OCC)OCC)CN1. The summed E-state index contributed by atoms with van der Waals surface area (Å²) in [7, 11) is -3.13. The van der Waals surface area contributed by atoms with Gasteiger partial charge in [-0.1, -0.05) is 0 Å². The van der Waals surface area contributed by atoms with Gasteiger partial charge >= 0.3 is 13.6 Å². The molecule has 1 heterocycles. The minimum Gasteiger partial charge on any atom is -0.465 e. The Morgan fingerprint density at radius 2 is 1.83 bits per heavy atom. The first-order valence-electron chi connectivity index (χ1n) is 6.36. The lowest BCUT2D eigenvalue weighted by Gasteiger charge is -2.22. The van der Waals surface area contributed by atoms with Crippen molar-refractivity contribution in [2.75, 3.05) is 26.4 Å². The third-order valence-corrected chi connectivity index (χ3v) is 5.27. The molecule has 6 nitrogen and oxygen atoms in total. The van der Waals surface area contributed by atoms with Crippen molar-refractivity contribution < 1.29 is 23.1 Å². The van der Waals surface area contributed by atoms with E-state index in [9.17, 15) is 9.36 Å². The molecule has 2 atom stereocenters. The minimum absolute atomic E-state index is 0.285. The molecule has 0 unspecified atom stereocenters. The van der Waals surface area contributed by atoms with Gasteiger partial charge < -0.3 is 19.1 Å². The molecule has 1 rings (SSSR count). The quantitative estimate of drug-likeness (QED) is 0.563.